The summed E-state index contributed by atoms with van der Waals surface area (Å²) >= 11 is 0. The van der Waals surface area contributed by atoms with Gasteiger partial charge in [-0.1, -0.05) is 19.9 Å². The summed E-state index contributed by atoms with van der Waals surface area (Å²) in [6.07, 6.45) is 1.67. The maximum Gasteiger partial charge on any atom is 0.322 e. The summed E-state index contributed by atoms with van der Waals surface area (Å²) < 4.78 is 5.17. The Morgan fingerprint density at radius 1 is 1.33 bits per heavy atom. The fourth-order valence-electron chi connectivity index (χ4n) is 2.62. The third-order valence-corrected chi connectivity index (χ3v) is 4.15. The van der Waals surface area contributed by atoms with E-state index >= 15 is 0 Å². The number of hydrogen-bond donors (Lipinski definition) is 2. The molecule has 21 heavy (non-hydrogen) atoms. The first-order valence-corrected chi connectivity index (χ1v) is 7.49. The molecule has 3 N–H and O–H groups in total. The van der Waals surface area contributed by atoms with Gasteiger partial charge in [0.2, 0.25) is 0 Å². The standard InChI is InChI=1S/C16H27N3O2/c1-5-16(6-2,12-17)19(7-3)15(20)18-13-9-8-10-14(11-13)21-4/h8-11H,5-7,12,17H2,1-4H3,(H,18,20). The summed E-state index contributed by atoms with van der Waals surface area (Å²) in [7, 11) is 1.60. The lowest BCUT2D eigenvalue weighted by molar-refractivity contribution is 0.122. The van der Waals surface area contributed by atoms with Crippen LogP contribution in [0.15, 0.2) is 24.3 Å². The van der Waals surface area contributed by atoms with Gasteiger partial charge in [0.1, 0.15) is 5.75 Å². The molecular weight excluding hydrogens is 266 g/mol. The van der Waals surface area contributed by atoms with Gasteiger partial charge in [-0.25, -0.2) is 4.79 Å². The Kier molecular flexibility index (Phi) is 6.49. The van der Waals surface area contributed by atoms with Crippen molar-refractivity contribution in [3.63, 3.8) is 0 Å². The molecule has 0 fully saturated rings. The number of benzene rings is 1. The van der Waals surface area contributed by atoms with Gasteiger partial charge in [-0.2, -0.15) is 0 Å². The second kappa shape index (κ2) is 7.88. The van der Waals surface area contributed by atoms with Crippen molar-refractivity contribution in [1.29, 1.82) is 0 Å². The average Bonchev–Trinajstić information content (AvgIpc) is 2.52. The second-order valence-electron chi connectivity index (χ2n) is 5.04. The summed E-state index contributed by atoms with van der Waals surface area (Å²) in [4.78, 5) is 14.4. The molecular formula is C16H27N3O2. The van der Waals surface area contributed by atoms with Crippen molar-refractivity contribution < 1.29 is 9.53 Å². The normalized spacial score (nSPS) is 11.1. The first-order valence-electron chi connectivity index (χ1n) is 7.49. The maximum absolute atomic E-state index is 12.6. The van der Waals surface area contributed by atoms with Crippen molar-refractivity contribution >= 4 is 11.7 Å². The predicted octanol–water partition coefficient (Wildman–Crippen LogP) is 3.07. The van der Waals surface area contributed by atoms with E-state index in [1.807, 2.05) is 30.0 Å². The lowest BCUT2D eigenvalue weighted by Crippen LogP contribution is -2.56. The molecule has 1 aromatic rings. The van der Waals surface area contributed by atoms with Gasteiger partial charge in [-0.05, 0) is 31.9 Å². The zero-order valence-corrected chi connectivity index (χ0v) is 13.5. The summed E-state index contributed by atoms with van der Waals surface area (Å²) in [6, 6.07) is 7.21. The van der Waals surface area contributed by atoms with Crippen molar-refractivity contribution in [3.8, 4) is 5.75 Å². The van der Waals surface area contributed by atoms with Gasteiger partial charge in [0, 0.05) is 24.8 Å². The molecule has 0 spiro atoms. The van der Waals surface area contributed by atoms with Crippen molar-refractivity contribution in [2.45, 2.75) is 39.2 Å². The van der Waals surface area contributed by atoms with Gasteiger partial charge < -0.3 is 20.7 Å². The van der Waals surface area contributed by atoms with Crippen LogP contribution in [0.5, 0.6) is 5.75 Å². The van der Waals surface area contributed by atoms with E-state index in [1.165, 1.54) is 0 Å². The van der Waals surface area contributed by atoms with Crippen LogP contribution in [-0.4, -0.2) is 36.7 Å². The number of rotatable bonds is 7. The molecule has 0 bridgehead atoms. The molecule has 118 valence electrons. The maximum atomic E-state index is 12.6. The number of ether oxygens (including phenoxy) is 1. The Morgan fingerprint density at radius 2 is 2.00 bits per heavy atom. The van der Waals surface area contributed by atoms with Gasteiger partial charge in [0.25, 0.3) is 0 Å². The molecule has 5 heteroatoms. The number of urea groups is 1. The number of anilines is 1. The van der Waals surface area contributed by atoms with Crippen LogP contribution in [0.2, 0.25) is 0 Å². The number of amides is 2. The third-order valence-electron chi connectivity index (χ3n) is 4.15. The van der Waals surface area contributed by atoms with Crippen LogP contribution in [0, 0.1) is 0 Å². The van der Waals surface area contributed by atoms with Crippen molar-refractivity contribution in [2.75, 3.05) is 25.5 Å². The van der Waals surface area contributed by atoms with E-state index in [-0.39, 0.29) is 11.6 Å². The largest absolute Gasteiger partial charge is 0.497 e. The monoisotopic (exact) mass is 293 g/mol. The smallest absolute Gasteiger partial charge is 0.322 e. The highest BCUT2D eigenvalue weighted by Crippen LogP contribution is 2.24. The van der Waals surface area contributed by atoms with E-state index in [0.29, 0.717) is 18.8 Å². The zero-order valence-electron chi connectivity index (χ0n) is 13.5. The predicted molar refractivity (Wildman–Crippen MR) is 86.8 cm³/mol. The van der Waals surface area contributed by atoms with E-state index in [4.69, 9.17) is 10.5 Å². The number of nitrogens with two attached hydrogens (primary N) is 1. The number of methoxy groups -OCH3 is 1. The summed E-state index contributed by atoms with van der Waals surface area (Å²) in [6.45, 7) is 7.19. The Morgan fingerprint density at radius 3 is 2.48 bits per heavy atom. The number of carbonyl (C=O) groups excluding carboxylic acids is 1. The average molecular weight is 293 g/mol. The SMILES string of the molecule is CCN(C(=O)Nc1cccc(OC)c1)C(CC)(CC)CN. The lowest BCUT2D eigenvalue weighted by atomic mass is 9.91. The van der Waals surface area contributed by atoms with E-state index < -0.39 is 0 Å². The molecule has 0 heterocycles. The van der Waals surface area contributed by atoms with Crippen molar-refractivity contribution in [1.82, 2.24) is 4.90 Å². The number of carbonyl (C=O) groups is 1. The van der Waals surface area contributed by atoms with Crippen LogP contribution in [-0.2, 0) is 0 Å². The van der Waals surface area contributed by atoms with Crippen LogP contribution in [0.3, 0.4) is 0 Å². The van der Waals surface area contributed by atoms with Gasteiger partial charge in [0.05, 0.1) is 12.6 Å². The molecule has 0 aromatic heterocycles. The quantitative estimate of drug-likeness (QED) is 0.812. The topological polar surface area (TPSA) is 67.6 Å². The number of nitrogens with one attached hydrogen (secondary N) is 1. The third kappa shape index (κ3) is 3.88. The molecule has 0 unspecified atom stereocenters. The molecule has 0 atom stereocenters. The van der Waals surface area contributed by atoms with Crippen LogP contribution in [0.1, 0.15) is 33.6 Å². The Balaban J connectivity index is 2.93. The Labute approximate surface area is 127 Å². The summed E-state index contributed by atoms with van der Waals surface area (Å²) in [5, 5.41) is 2.93. The highest BCUT2D eigenvalue weighted by molar-refractivity contribution is 5.90. The summed E-state index contributed by atoms with van der Waals surface area (Å²) in [5.74, 6) is 0.715. The van der Waals surface area contributed by atoms with Crippen molar-refractivity contribution in [2.24, 2.45) is 5.73 Å². The Hall–Kier alpha value is -1.75. The molecule has 5 nitrogen and oxygen atoms in total. The fourth-order valence-corrected chi connectivity index (χ4v) is 2.62. The van der Waals surface area contributed by atoms with Crippen LogP contribution in [0.25, 0.3) is 0 Å². The number of hydrogen-bond acceptors (Lipinski definition) is 3. The molecule has 0 radical (unpaired) electrons. The lowest BCUT2D eigenvalue weighted by Gasteiger charge is -2.41. The molecule has 0 aliphatic carbocycles. The zero-order chi connectivity index (χ0) is 15.9. The van der Waals surface area contributed by atoms with Crippen LogP contribution >= 0.6 is 0 Å². The van der Waals surface area contributed by atoms with Crippen molar-refractivity contribution in [3.05, 3.63) is 24.3 Å². The van der Waals surface area contributed by atoms with E-state index in [2.05, 4.69) is 19.2 Å². The second-order valence-corrected chi connectivity index (χ2v) is 5.04. The van der Waals surface area contributed by atoms with Gasteiger partial charge in [0.15, 0.2) is 0 Å². The molecule has 0 saturated heterocycles. The van der Waals surface area contributed by atoms with Crippen LogP contribution in [0.4, 0.5) is 10.5 Å². The highest BCUT2D eigenvalue weighted by Gasteiger charge is 2.34. The van der Waals surface area contributed by atoms with Crippen LogP contribution < -0.4 is 15.8 Å². The van der Waals surface area contributed by atoms with E-state index in [1.54, 1.807) is 13.2 Å². The molecule has 2 amide bonds. The van der Waals surface area contributed by atoms with E-state index in [9.17, 15) is 4.79 Å². The number of nitrogens with zero attached hydrogens (tertiary/aromatic N) is 1. The first kappa shape index (κ1) is 17.3. The van der Waals surface area contributed by atoms with Gasteiger partial charge in [-0.3, -0.25) is 0 Å². The number of likely N-dealkylation sites (N-methyl/N-ethyl adjacent to an activating group) is 1. The summed E-state index contributed by atoms with van der Waals surface area (Å²) in [5.41, 5.74) is 6.36. The highest BCUT2D eigenvalue weighted by atomic mass is 16.5. The minimum Gasteiger partial charge on any atom is -0.497 e. The molecule has 1 rings (SSSR count). The Bertz CT molecular complexity index is 450. The molecule has 1 aromatic carbocycles. The molecule has 0 aliphatic heterocycles. The first-order chi connectivity index (χ1) is 10.1. The van der Waals surface area contributed by atoms with Gasteiger partial charge in [-0.15, -0.1) is 0 Å². The molecule has 0 aliphatic rings. The fraction of sp³-hybridized carbons (Fsp3) is 0.562. The van der Waals surface area contributed by atoms with Gasteiger partial charge >= 0.3 is 6.03 Å². The molecule has 0 saturated carbocycles. The minimum atomic E-state index is -0.294. The minimum absolute atomic E-state index is 0.125. The van der Waals surface area contributed by atoms with E-state index in [0.717, 1.165) is 18.5 Å².